The topological polar surface area (TPSA) is 106 Å². The van der Waals surface area contributed by atoms with Crippen LogP contribution < -0.4 is 10.5 Å². The van der Waals surface area contributed by atoms with Gasteiger partial charge in [-0.15, -0.1) is 0 Å². The van der Waals surface area contributed by atoms with Gasteiger partial charge >= 0.3 is 0 Å². The monoisotopic (exact) mass is 270 g/mol. The molecule has 16 heavy (non-hydrogen) atoms. The van der Waals surface area contributed by atoms with Crippen LogP contribution in [0.5, 0.6) is 0 Å². The summed E-state index contributed by atoms with van der Waals surface area (Å²) in [4.78, 5) is 0. The van der Waals surface area contributed by atoms with Gasteiger partial charge in [0.15, 0.2) is 9.84 Å². The highest BCUT2D eigenvalue weighted by molar-refractivity contribution is 7.92. The Bertz CT molecular complexity index is 415. The Hall–Kier alpha value is -0.180. The van der Waals surface area contributed by atoms with E-state index in [1.165, 1.54) is 0 Å². The van der Waals surface area contributed by atoms with Crippen molar-refractivity contribution in [1.29, 1.82) is 0 Å². The number of sulfone groups is 1. The summed E-state index contributed by atoms with van der Waals surface area (Å²) in [6.07, 6.45) is 1.54. The van der Waals surface area contributed by atoms with E-state index in [1.54, 1.807) is 0 Å². The second-order valence-electron chi connectivity index (χ2n) is 4.03. The van der Waals surface area contributed by atoms with Gasteiger partial charge in [0, 0.05) is 6.04 Å². The first kappa shape index (κ1) is 13.9. The number of nitrogens with two attached hydrogens (primary N) is 1. The highest BCUT2D eigenvalue weighted by atomic mass is 32.2. The first-order valence-corrected chi connectivity index (χ1v) is 8.72. The van der Waals surface area contributed by atoms with Gasteiger partial charge in [0.05, 0.1) is 17.3 Å². The van der Waals surface area contributed by atoms with Crippen molar-refractivity contribution in [2.24, 2.45) is 5.73 Å². The maximum atomic E-state index is 11.5. The van der Waals surface area contributed by atoms with Crippen molar-refractivity contribution in [3.05, 3.63) is 0 Å². The van der Waals surface area contributed by atoms with Crippen molar-refractivity contribution >= 4 is 19.9 Å². The summed E-state index contributed by atoms with van der Waals surface area (Å²) < 4.78 is 47.7. The summed E-state index contributed by atoms with van der Waals surface area (Å²) in [5.74, 6) is 0.00680. The molecule has 0 aliphatic carbocycles. The van der Waals surface area contributed by atoms with E-state index in [4.69, 9.17) is 5.73 Å². The van der Waals surface area contributed by atoms with Gasteiger partial charge in [0.25, 0.3) is 0 Å². The predicted octanol–water partition coefficient (Wildman–Crippen LogP) is -1.17. The lowest BCUT2D eigenvalue weighted by molar-refractivity contribution is 0.559. The van der Waals surface area contributed by atoms with E-state index >= 15 is 0 Å². The fourth-order valence-electron chi connectivity index (χ4n) is 1.64. The fourth-order valence-corrected chi connectivity index (χ4v) is 4.83. The zero-order valence-corrected chi connectivity index (χ0v) is 10.7. The molecule has 8 heteroatoms. The molecule has 1 atom stereocenters. The minimum atomic E-state index is -3.36. The molecule has 1 heterocycles. The molecule has 0 bridgehead atoms. The van der Waals surface area contributed by atoms with E-state index in [-0.39, 0.29) is 17.3 Å². The molecule has 6 nitrogen and oxygen atoms in total. The third-order valence-corrected chi connectivity index (χ3v) is 5.73. The zero-order chi connectivity index (χ0) is 12.2. The van der Waals surface area contributed by atoms with Crippen LogP contribution in [0.4, 0.5) is 0 Å². The van der Waals surface area contributed by atoms with Crippen LogP contribution in [-0.4, -0.2) is 46.7 Å². The summed E-state index contributed by atoms with van der Waals surface area (Å²) in [5, 5.41) is 0. The second-order valence-corrected chi connectivity index (χ2v) is 8.13. The van der Waals surface area contributed by atoms with Gasteiger partial charge < -0.3 is 5.73 Å². The highest BCUT2D eigenvalue weighted by Crippen LogP contribution is 2.12. The van der Waals surface area contributed by atoms with Crippen LogP contribution in [0.1, 0.15) is 19.3 Å². The van der Waals surface area contributed by atoms with Gasteiger partial charge in [-0.2, -0.15) is 0 Å². The molecule has 1 aliphatic heterocycles. The van der Waals surface area contributed by atoms with Crippen LogP contribution in [0.15, 0.2) is 0 Å². The Labute approximate surface area is 96.6 Å². The number of rotatable bonds is 6. The van der Waals surface area contributed by atoms with Crippen LogP contribution in [0.3, 0.4) is 0 Å². The molecule has 1 fully saturated rings. The van der Waals surface area contributed by atoms with Gasteiger partial charge in [0.2, 0.25) is 10.0 Å². The summed E-state index contributed by atoms with van der Waals surface area (Å²) in [6, 6.07) is -0.451. The summed E-state index contributed by atoms with van der Waals surface area (Å²) in [5.41, 5.74) is 5.26. The number of nitrogens with one attached hydrogen (secondary N) is 1. The molecule has 0 amide bonds. The van der Waals surface area contributed by atoms with E-state index < -0.39 is 25.9 Å². The Morgan fingerprint density at radius 3 is 2.50 bits per heavy atom. The number of hydrogen-bond acceptors (Lipinski definition) is 5. The Kier molecular flexibility index (Phi) is 4.72. The molecule has 96 valence electrons. The summed E-state index contributed by atoms with van der Waals surface area (Å²) in [6.45, 7) is 0.466. The van der Waals surface area contributed by atoms with E-state index in [9.17, 15) is 16.8 Å². The fraction of sp³-hybridized carbons (Fsp3) is 1.00. The molecule has 0 aromatic rings. The van der Waals surface area contributed by atoms with Crippen LogP contribution in [0.25, 0.3) is 0 Å². The highest BCUT2D eigenvalue weighted by Gasteiger charge is 2.30. The van der Waals surface area contributed by atoms with Crippen LogP contribution >= 0.6 is 0 Å². The molecule has 1 rings (SSSR count). The van der Waals surface area contributed by atoms with Crippen molar-refractivity contribution in [3.8, 4) is 0 Å². The molecule has 1 unspecified atom stereocenters. The molecular formula is C8H18N2O4S2. The standard InChI is InChI=1S/C8H18N2O4S2/c9-4-1-2-5-16(13,14)10-8-3-6-15(11,12)7-8/h8,10H,1-7,9H2. The number of hydrogen-bond donors (Lipinski definition) is 2. The van der Waals surface area contributed by atoms with Gasteiger partial charge in [-0.05, 0) is 25.8 Å². The molecule has 0 saturated carbocycles. The Morgan fingerprint density at radius 1 is 1.31 bits per heavy atom. The maximum absolute atomic E-state index is 11.5. The first-order valence-electron chi connectivity index (χ1n) is 5.25. The molecule has 1 aliphatic rings. The third-order valence-electron chi connectivity index (χ3n) is 2.45. The second kappa shape index (κ2) is 5.44. The minimum Gasteiger partial charge on any atom is -0.330 e. The smallest absolute Gasteiger partial charge is 0.211 e. The molecule has 0 radical (unpaired) electrons. The number of unbranched alkanes of at least 4 members (excludes halogenated alkanes) is 1. The molecule has 0 spiro atoms. The van der Waals surface area contributed by atoms with Crippen molar-refractivity contribution in [2.45, 2.75) is 25.3 Å². The van der Waals surface area contributed by atoms with Crippen LogP contribution in [0.2, 0.25) is 0 Å². The van der Waals surface area contributed by atoms with E-state index in [0.29, 0.717) is 25.8 Å². The lowest BCUT2D eigenvalue weighted by Crippen LogP contribution is -2.37. The molecule has 1 saturated heterocycles. The van der Waals surface area contributed by atoms with Gasteiger partial charge in [-0.25, -0.2) is 21.6 Å². The third kappa shape index (κ3) is 4.77. The van der Waals surface area contributed by atoms with E-state index in [0.717, 1.165) is 0 Å². The lowest BCUT2D eigenvalue weighted by atomic mass is 10.3. The molecule has 3 N–H and O–H groups in total. The van der Waals surface area contributed by atoms with Gasteiger partial charge in [-0.1, -0.05) is 0 Å². The van der Waals surface area contributed by atoms with Crippen molar-refractivity contribution < 1.29 is 16.8 Å². The van der Waals surface area contributed by atoms with E-state index in [2.05, 4.69) is 4.72 Å². The Morgan fingerprint density at radius 2 is 2.00 bits per heavy atom. The number of sulfonamides is 1. The van der Waals surface area contributed by atoms with Crippen LogP contribution in [0, 0.1) is 0 Å². The average molecular weight is 270 g/mol. The normalized spacial score (nSPS) is 24.7. The van der Waals surface area contributed by atoms with Crippen molar-refractivity contribution in [2.75, 3.05) is 23.8 Å². The van der Waals surface area contributed by atoms with Gasteiger partial charge in [-0.3, -0.25) is 0 Å². The lowest BCUT2D eigenvalue weighted by Gasteiger charge is -2.10. The largest absolute Gasteiger partial charge is 0.330 e. The zero-order valence-electron chi connectivity index (χ0n) is 9.05. The van der Waals surface area contributed by atoms with Gasteiger partial charge in [0.1, 0.15) is 0 Å². The minimum absolute atomic E-state index is 0.0146. The van der Waals surface area contributed by atoms with Crippen molar-refractivity contribution in [3.63, 3.8) is 0 Å². The quantitative estimate of drug-likeness (QED) is 0.592. The molecule has 0 aromatic carbocycles. The van der Waals surface area contributed by atoms with Crippen LogP contribution in [-0.2, 0) is 19.9 Å². The predicted molar refractivity (Wildman–Crippen MR) is 62.3 cm³/mol. The van der Waals surface area contributed by atoms with E-state index in [1.807, 2.05) is 0 Å². The Balaban J connectivity index is 2.42. The molecular weight excluding hydrogens is 252 g/mol. The average Bonchev–Trinajstić information content (AvgIpc) is 2.44. The summed E-state index contributed by atoms with van der Waals surface area (Å²) >= 11 is 0. The maximum Gasteiger partial charge on any atom is 0.211 e. The SMILES string of the molecule is NCCCCS(=O)(=O)NC1CCS(=O)(=O)C1. The summed E-state index contributed by atoms with van der Waals surface area (Å²) in [7, 11) is -6.40. The first-order chi connectivity index (χ1) is 7.35. The molecule has 0 aromatic heterocycles. The van der Waals surface area contributed by atoms with Crippen molar-refractivity contribution in [1.82, 2.24) is 4.72 Å².